The van der Waals surface area contributed by atoms with Crippen molar-refractivity contribution in [1.29, 1.82) is 0 Å². The van der Waals surface area contributed by atoms with Crippen LogP contribution in [0.25, 0.3) is 0 Å². The molecule has 2 rings (SSSR count). The summed E-state index contributed by atoms with van der Waals surface area (Å²) in [6.07, 6.45) is 0.737. The lowest BCUT2D eigenvalue weighted by Gasteiger charge is -2.32. The summed E-state index contributed by atoms with van der Waals surface area (Å²) in [6.45, 7) is 10.7. The van der Waals surface area contributed by atoms with Gasteiger partial charge in [-0.05, 0) is 79.6 Å². The third-order valence-corrected chi connectivity index (χ3v) is 6.57. The van der Waals surface area contributed by atoms with Gasteiger partial charge in [0.2, 0.25) is 5.91 Å². The number of amides is 3. The maximum atomic E-state index is 13.5. The number of rotatable bonds is 10. The lowest BCUT2D eigenvalue weighted by molar-refractivity contribution is -0.153. The number of alkyl carbamates (subject to hydrolysis) is 2. The van der Waals surface area contributed by atoms with E-state index < -0.39 is 64.7 Å². The Morgan fingerprint density at radius 2 is 1.50 bits per heavy atom. The summed E-state index contributed by atoms with van der Waals surface area (Å²) in [4.78, 5) is 62.9. The molecule has 38 heavy (non-hydrogen) atoms. The van der Waals surface area contributed by atoms with Crippen LogP contribution in [0.15, 0.2) is 0 Å². The van der Waals surface area contributed by atoms with E-state index in [0.29, 0.717) is 32.2 Å². The summed E-state index contributed by atoms with van der Waals surface area (Å²) >= 11 is 0. The van der Waals surface area contributed by atoms with Crippen molar-refractivity contribution >= 4 is 30.0 Å². The molecule has 0 aromatic carbocycles. The molecule has 0 spiro atoms. The maximum absolute atomic E-state index is 13.5. The van der Waals surface area contributed by atoms with Crippen LogP contribution in [0.2, 0.25) is 0 Å². The van der Waals surface area contributed by atoms with Crippen LogP contribution in [0, 0.1) is 17.8 Å². The molecule has 2 fully saturated rings. The molecule has 12 nitrogen and oxygen atoms in total. The van der Waals surface area contributed by atoms with E-state index in [1.807, 2.05) is 0 Å². The van der Waals surface area contributed by atoms with Gasteiger partial charge in [-0.3, -0.25) is 9.59 Å². The molecule has 0 aliphatic heterocycles. The second kappa shape index (κ2) is 12.2. The second-order valence-electron chi connectivity index (χ2n) is 11.9. The number of fused-ring (bicyclic) bond motifs is 1. The summed E-state index contributed by atoms with van der Waals surface area (Å²) in [5.74, 6) is -2.67. The molecule has 12 heteroatoms. The van der Waals surface area contributed by atoms with Gasteiger partial charge in [0.1, 0.15) is 22.8 Å². The molecular weight excluding hydrogens is 498 g/mol. The Hall–Kier alpha value is -3.05. The molecule has 0 radical (unpaired) electrons. The van der Waals surface area contributed by atoms with Gasteiger partial charge < -0.3 is 34.9 Å². The minimum absolute atomic E-state index is 0.0851. The minimum Gasteiger partial charge on any atom is -0.469 e. The predicted molar refractivity (Wildman–Crippen MR) is 136 cm³/mol. The van der Waals surface area contributed by atoms with Crippen LogP contribution in [-0.4, -0.2) is 73.6 Å². The quantitative estimate of drug-likeness (QED) is 0.214. The van der Waals surface area contributed by atoms with E-state index in [0.717, 1.165) is 0 Å². The molecule has 0 saturated heterocycles. The minimum atomic E-state index is -1.39. The van der Waals surface area contributed by atoms with Crippen LogP contribution >= 0.6 is 0 Å². The number of esters is 2. The lowest BCUT2D eigenvalue weighted by atomic mass is 9.89. The number of hydrogen-bond donors (Lipinski definition) is 3. The molecule has 0 aromatic rings. The van der Waals surface area contributed by atoms with Gasteiger partial charge in [0.05, 0.1) is 20.1 Å². The average Bonchev–Trinajstić information content (AvgIpc) is 3.41. The van der Waals surface area contributed by atoms with Crippen LogP contribution in [-0.2, 0) is 33.3 Å². The number of carbonyl (C=O) groups excluding carboxylic acids is 5. The summed E-state index contributed by atoms with van der Waals surface area (Å²) < 4.78 is 20.4. The standard InChI is InChI=1S/C26H43N3O9/c1-24(2,3)37-22(33)27-14-10-9-11-16(28-23(34)38-25(4,5)6)19(30)29-26(21(32)36-8)13-12-15-17(18(15)26)20(31)35-7/h15-18H,9-14H2,1-8H3,(H,27,33)(H,28,34)(H,29,30)/t15-,16-,17-,18-,26-/m0/s1. The first-order chi connectivity index (χ1) is 17.5. The molecule has 216 valence electrons. The summed E-state index contributed by atoms with van der Waals surface area (Å²) in [6, 6.07) is -1.03. The van der Waals surface area contributed by atoms with Crippen molar-refractivity contribution < 1.29 is 42.9 Å². The van der Waals surface area contributed by atoms with Crippen LogP contribution in [0.3, 0.4) is 0 Å². The molecule has 0 unspecified atom stereocenters. The van der Waals surface area contributed by atoms with Gasteiger partial charge in [0.25, 0.3) is 0 Å². The number of unbranched alkanes of at least 4 members (excludes halogenated alkanes) is 1. The first-order valence-corrected chi connectivity index (χ1v) is 13.0. The van der Waals surface area contributed by atoms with Gasteiger partial charge in [-0.1, -0.05) is 0 Å². The van der Waals surface area contributed by atoms with E-state index >= 15 is 0 Å². The zero-order chi connectivity index (χ0) is 28.9. The summed E-state index contributed by atoms with van der Waals surface area (Å²) in [5, 5.41) is 8.07. The Bertz CT molecular complexity index is 909. The van der Waals surface area contributed by atoms with Gasteiger partial charge in [-0.25, -0.2) is 14.4 Å². The Kier molecular flexibility index (Phi) is 10.0. The summed E-state index contributed by atoms with van der Waals surface area (Å²) in [7, 11) is 2.51. The maximum Gasteiger partial charge on any atom is 0.408 e. The van der Waals surface area contributed by atoms with Gasteiger partial charge in [0.15, 0.2) is 0 Å². The zero-order valence-corrected chi connectivity index (χ0v) is 23.7. The van der Waals surface area contributed by atoms with Gasteiger partial charge in [-0.15, -0.1) is 0 Å². The highest BCUT2D eigenvalue weighted by Crippen LogP contribution is 2.63. The van der Waals surface area contributed by atoms with Gasteiger partial charge >= 0.3 is 24.1 Å². The fraction of sp³-hybridized carbons (Fsp3) is 0.808. The van der Waals surface area contributed by atoms with Crippen molar-refractivity contribution in [2.45, 2.75) is 96.4 Å². The number of ether oxygens (including phenoxy) is 4. The van der Waals surface area contributed by atoms with Crippen molar-refractivity contribution in [3.63, 3.8) is 0 Å². The third-order valence-electron chi connectivity index (χ3n) is 6.57. The number of nitrogens with one attached hydrogen (secondary N) is 3. The molecule has 0 aromatic heterocycles. The monoisotopic (exact) mass is 541 g/mol. The molecule has 2 aliphatic carbocycles. The fourth-order valence-corrected chi connectivity index (χ4v) is 5.04. The summed E-state index contributed by atoms with van der Waals surface area (Å²) in [5.41, 5.74) is -2.79. The topological polar surface area (TPSA) is 158 Å². The third kappa shape index (κ3) is 8.22. The van der Waals surface area contributed by atoms with Crippen LogP contribution < -0.4 is 16.0 Å². The Labute approximate surface area is 224 Å². The number of carbonyl (C=O) groups is 5. The first-order valence-electron chi connectivity index (χ1n) is 13.0. The highest BCUT2D eigenvalue weighted by atomic mass is 16.6. The zero-order valence-electron chi connectivity index (χ0n) is 23.7. The molecule has 2 saturated carbocycles. The van der Waals surface area contributed by atoms with Crippen molar-refractivity contribution in [2.24, 2.45) is 17.8 Å². The largest absolute Gasteiger partial charge is 0.469 e. The van der Waals surface area contributed by atoms with Crippen molar-refractivity contribution in [3.05, 3.63) is 0 Å². The normalized spacial score (nSPS) is 24.8. The van der Waals surface area contributed by atoms with E-state index in [9.17, 15) is 24.0 Å². The van der Waals surface area contributed by atoms with E-state index in [-0.39, 0.29) is 12.3 Å². The van der Waals surface area contributed by atoms with Gasteiger partial charge in [-0.2, -0.15) is 0 Å². The molecule has 0 heterocycles. The molecule has 3 amide bonds. The lowest BCUT2D eigenvalue weighted by Crippen LogP contribution is -2.60. The van der Waals surface area contributed by atoms with Crippen molar-refractivity contribution in [2.75, 3.05) is 20.8 Å². The molecular formula is C26H43N3O9. The Morgan fingerprint density at radius 1 is 0.895 bits per heavy atom. The van der Waals surface area contributed by atoms with Crippen LogP contribution in [0.1, 0.15) is 73.6 Å². The smallest absolute Gasteiger partial charge is 0.408 e. The predicted octanol–water partition coefficient (Wildman–Crippen LogP) is 2.43. The number of methoxy groups -OCH3 is 2. The highest BCUT2D eigenvalue weighted by Gasteiger charge is 2.72. The molecule has 0 bridgehead atoms. The van der Waals surface area contributed by atoms with Crippen molar-refractivity contribution in [1.82, 2.24) is 16.0 Å². The van der Waals surface area contributed by atoms with E-state index in [4.69, 9.17) is 18.9 Å². The SMILES string of the molecule is COC(=O)[C@H]1[C@@H]2CC[C@@](NC(=O)[C@H](CCCCNC(=O)OC(C)(C)C)NC(=O)OC(C)(C)C)(C(=O)OC)[C@@H]21. The molecule has 2 aliphatic rings. The first kappa shape index (κ1) is 31.2. The Morgan fingerprint density at radius 3 is 2.05 bits per heavy atom. The van der Waals surface area contributed by atoms with E-state index in [2.05, 4.69) is 16.0 Å². The average molecular weight is 542 g/mol. The van der Waals surface area contributed by atoms with Crippen LogP contribution in [0.5, 0.6) is 0 Å². The van der Waals surface area contributed by atoms with E-state index in [1.54, 1.807) is 41.5 Å². The second-order valence-corrected chi connectivity index (χ2v) is 11.9. The van der Waals surface area contributed by atoms with Crippen molar-refractivity contribution in [3.8, 4) is 0 Å². The molecule has 3 N–H and O–H groups in total. The fourth-order valence-electron chi connectivity index (χ4n) is 5.04. The Balaban J connectivity index is 2.09. The van der Waals surface area contributed by atoms with Gasteiger partial charge in [0, 0.05) is 12.5 Å². The number of hydrogen-bond acceptors (Lipinski definition) is 9. The van der Waals surface area contributed by atoms with E-state index in [1.165, 1.54) is 14.2 Å². The molecule has 5 atom stereocenters. The van der Waals surface area contributed by atoms with Crippen LogP contribution in [0.4, 0.5) is 9.59 Å². The highest BCUT2D eigenvalue weighted by molar-refractivity contribution is 5.94.